The first-order chi connectivity index (χ1) is 14.6. The van der Waals surface area contributed by atoms with Gasteiger partial charge < -0.3 is 18.6 Å². The number of ether oxygens (including phenoxy) is 3. The van der Waals surface area contributed by atoms with Gasteiger partial charge in [-0.2, -0.15) is 0 Å². The topological polar surface area (TPSA) is 95.7 Å². The van der Waals surface area contributed by atoms with Crippen LogP contribution in [0.5, 0.6) is 17.2 Å². The largest absolute Gasteiger partial charge is 0.497 e. The minimum atomic E-state index is -0.182. The van der Waals surface area contributed by atoms with Crippen molar-refractivity contribution in [3.63, 3.8) is 0 Å². The van der Waals surface area contributed by atoms with Crippen molar-refractivity contribution in [2.75, 3.05) is 32.4 Å². The molecule has 0 fully saturated rings. The number of hydrogen-bond acceptors (Lipinski definition) is 8. The molecule has 0 aliphatic rings. The third-order valence-electron chi connectivity index (χ3n) is 4.18. The number of benzene rings is 2. The molecule has 0 aliphatic carbocycles. The number of thioether (sulfide) groups is 1. The first-order valence-corrected chi connectivity index (χ1v) is 10.2. The lowest BCUT2D eigenvalue weighted by molar-refractivity contribution is -0.116. The average molecular weight is 429 g/mol. The maximum absolute atomic E-state index is 12.2. The van der Waals surface area contributed by atoms with Gasteiger partial charge in [0, 0.05) is 11.3 Å². The van der Waals surface area contributed by atoms with Crippen LogP contribution in [0.3, 0.4) is 0 Å². The highest BCUT2D eigenvalue weighted by Gasteiger charge is 2.16. The van der Waals surface area contributed by atoms with Crippen molar-refractivity contribution in [3.8, 4) is 28.7 Å². The van der Waals surface area contributed by atoms with Crippen LogP contribution < -0.4 is 19.5 Å². The Kier molecular flexibility index (Phi) is 7.56. The lowest BCUT2D eigenvalue weighted by Crippen LogP contribution is -2.11. The molecule has 0 radical (unpaired) electrons. The molecule has 0 spiro atoms. The summed E-state index contributed by atoms with van der Waals surface area (Å²) in [6, 6.07) is 13.1. The molecule has 1 N–H and O–H groups in total. The Hall–Kier alpha value is -3.20. The number of hydrogen-bond donors (Lipinski definition) is 1. The lowest BCUT2D eigenvalue weighted by atomic mass is 10.2. The second-order valence-electron chi connectivity index (χ2n) is 6.15. The Morgan fingerprint density at radius 2 is 1.73 bits per heavy atom. The van der Waals surface area contributed by atoms with E-state index in [1.807, 2.05) is 24.3 Å². The van der Waals surface area contributed by atoms with E-state index in [1.165, 1.54) is 0 Å². The lowest BCUT2D eigenvalue weighted by Gasteiger charge is -2.07. The summed E-state index contributed by atoms with van der Waals surface area (Å²) in [5.74, 6) is 2.88. The molecule has 0 bridgehead atoms. The van der Waals surface area contributed by atoms with E-state index < -0.39 is 0 Å². The summed E-state index contributed by atoms with van der Waals surface area (Å²) in [5, 5.41) is 10.5. The summed E-state index contributed by atoms with van der Waals surface area (Å²) in [4.78, 5) is 13.3. The highest BCUT2D eigenvalue weighted by atomic mass is 32.2. The van der Waals surface area contributed by atoms with Gasteiger partial charge in [-0.3, -0.25) is 10.1 Å². The Morgan fingerprint density at radius 1 is 1.00 bits per heavy atom. The smallest absolute Gasteiger partial charge is 0.322 e. The van der Waals surface area contributed by atoms with Gasteiger partial charge in [0.15, 0.2) is 0 Å². The van der Waals surface area contributed by atoms with E-state index in [4.69, 9.17) is 18.6 Å². The third kappa shape index (κ3) is 5.66. The zero-order valence-corrected chi connectivity index (χ0v) is 17.8. The van der Waals surface area contributed by atoms with Crippen molar-refractivity contribution in [3.05, 3.63) is 42.5 Å². The van der Waals surface area contributed by atoms with Gasteiger partial charge in [0.25, 0.3) is 5.89 Å². The molecular formula is C21H23N3O5S. The fraction of sp³-hybridized carbons (Fsp3) is 0.286. The van der Waals surface area contributed by atoms with Gasteiger partial charge in [-0.15, -0.1) is 16.9 Å². The van der Waals surface area contributed by atoms with Crippen molar-refractivity contribution >= 4 is 23.7 Å². The zero-order valence-electron chi connectivity index (χ0n) is 17.0. The first-order valence-electron chi connectivity index (χ1n) is 9.25. The van der Waals surface area contributed by atoms with Crippen LogP contribution in [-0.4, -0.2) is 43.2 Å². The molecule has 9 heteroatoms. The molecule has 158 valence electrons. The fourth-order valence-electron chi connectivity index (χ4n) is 2.64. The maximum atomic E-state index is 12.2. The van der Waals surface area contributed by atoms with Gasteiger partial charge in [-0.1, -0.05) is 5.10 Å². The molecule has 30 heavy (non-hydrogen) atoms. The van der Waals surface area contributed by atoms with E-state index in [0.29, 0.717) is 29.9 Å². The molecule has 1 aromatic heterocycles. The van der Waals surface area contributed by atoms with Crippen LogP contribution in [0.4, 0.5) is 6.01 Å². The van der Waals surface area contributed by atoms with Crippen molar-refractivity contribution < 1.29 is 23.4 Å². The predicted molar refractivity (Wildman–Crippen MR) is 114 cm³/mol. The summed E-state index contributed by atoms with van der Waals surface area (Å²) in [6.45, 7) is 0. The average Bonchev–Trinajstić information content (AvgIpc) is 3.24. The highest BCUT2D eigenvalue weighted by molar-refractivity contribution is 7.99. The van der Waals surface area contributed by atoms with Crippen LogP contribution >= 0.6 is 11.8 Å². The van der Waals surface area contributed by atoms with Crippen LogP contribution in [-0.2, 0) is 4.79 Å². The summed E-state index contributed by atoms with van der Waals surface area (Å²) in [5.41, 5.74) is 0.584. The number of rotatable bonds is 10. The third-order valence-corrected chi connectivity index (χ3v) is 5.28. The van der Waals surface area contributed by atoms with Crippen molar-refractivity contribution in [1.29, 1.82) is 0 Å². The molecule has 0 saturated heterocycles. The Bertz CT molecular complexity index is 975. The molecular weight excluding hydrogens is 406 g/mol. The standard InChI is InChI=1S/C21H23N3O5S/c1-26-14-6-9-16(10-7-14)30-12-4-5-19(25)22-21-24-23-20(29-21)17-13-15(27-2)8-11-18(17)28-3/h6-11,13H,4-5,12H2,1-3H3,(H,22,24,25). The second-order valence-corrected chi connectivity index (χ2v) is 7.32. The van der Waals surface area contributed by atoms with Gasteiger partial charge in [-0.25, -0.2) is 0 Å². The number of carbonyl (C=O) groups is 1. The Balaban J connectivity index is 1.50. The van der Waals surface area contributed by atoms with E-state index in [1.54, 1.807) is 51.3 Å². The molecule has 1 amide bonds. The minimum Gasteiger partial charge on any atom is -0.497 e. The highest BCUT2D eigenvalue weighted by Crippen LogP contribution is 2.33. The van der Waals surface area contributed by atoms with Crippen LogP contribution in [0.1, 0.15) is 12.8 Å². The van der Waals surface area contributed by atoms with Crippen molar-refractivity contribution in [2.45, 2.75) is 17.7 Å². The predicted octanol–water partition coefficient (Wildman–Crippen LogP) is 4.27. The molecule has 0 aliphatic heterocycles. The van der Waals surface area contributed by atoms with Gasteiger partial charge in [0.2, 0.25) is 5.91 Å². The molecule has 2 aromatic carbocycles. The normalized spacial score (nSPS) is 10.5. The van der Waals surface area contributed by atoms with Gasteiger partial charge in [-0.05, 0) is 54.6 Å². The van der Waals surface area contributed by atoms with E-state index in [9.17, 15) is 4.79 Å². The SMILES string of the molecule is COc1ccc(SCCCC(=O)Nc2nnc(-c3cc(OC)ccc3OC)o2)cc1. The quantitative estimate of drug-likeness (QED) is 0.377. The molecule has 1 heterocycles. The van der Waals surface area contributed by atoms with Crippen molar-refractivity contribution in [1.82, 2.24) is 10.2 Å². The van der Waals surface area contributed by atoms with E-state index in [0.717, 1.165) is 16.4 Å². The first kappa shape index (κ1) is 21.5. The van der Waals surface area contributed by atoms with Gasteiger partial charge in [0.1, 0.15) is 17.2 Å². The number of methoxy groups -OCH3 is 3. The number of amides is 1. The maximum Gasteiger partial charge on any atom is 0.322 e. The van der Waals surface area contributed by atoms with Crippen LogP contribution in [0.15, 0.2) is 51.8 Å². The van der Waals surface area contributed by atoms with E-state index in [-0.39, 0.29) is 17.8 Å². The number of nitrogens with one attached hydrogen (secondary N) is 1. The number of carbonyl (C=O) groups excluding carboxylic acids is 1. The van der Waals surface area contributed by atoms with Crippen molar-refractivity contribution in [2.24, 2.45) is 0 Å². The minimum absolute atomic E-state index is 0.0441. The van der Waals surface area contributed by atoms with Crippen LogP contribution in [0, 0.1) is 0 Å². The monoisotopic (exact) mass is 429 g/mol. The summed E-state index contributed by atoms with van der Waals surface area (Å²) < 4.78 is 21.3. The summed E-state index contributed by atoms with van der Waals surface area (Å²) >= 11 is 1.68. The number of anilines is 1. The second kappa shape index (κ2) is 10.5. The van der Waals surface area contributed by atoms with Crippen LogP contribution in [0.2, 0.25) is 0 Å². The van der Waals surface area contributed by atoms with Gasteiger partial charge in [0.05, 0.1) is 26.9 Å². The summed E-state index contributed by atoms with van der Waals surface area (Å²) in [7, 11) is 4.76. The Morgan fingerprint density at radius 3 is 2.43 bits per heavy atom. The van der Waals surface area contributed by atoms with E-state index in [2.05, 4.69) is 15.5 Å². The molecule has 3 rings (SSSR count). The zero-order chi connectivity index (χ0) is 21.3. The molecule has 3 aromatic rings. The Labute approximate surface area is 178 Å². The molecule has 8 nitrogen and oxygen atoms in total. The molecule has 0 unspecified atom stereocenters. The number of nitrogens with zero attached hydrogens (tertiary/aromatic N) is 2. The summed E-state index contributed by atoms with van der Waals surface area (Å²) in [6.07, 6.45) is 1.07. The van der Waals surface area contributed by atoms with Gasteiger partial charge >= 0.3 is 6.01 Å². The molecule has 0 atom stereocenters. The molecule has 0 saturated carbocycles. The number of aromatic nitrogens is 2. The fourth-order valence-corrected chi connectivity index (χ4v) is 3.49. The van der Waals surface area contributed by atoms with Crippen LogP contribution in [0.25, 0.3) is 11.5 Å². The van der Waals surface area contributed by atoms with E-state index >= 15 is 0 Å².